The molecule has 3 N–H and O–H groups in total. The minimum Gasteiger partial charge on any atom is -0.481 e. The molecule has 118 valence electrons. The summed E-state index contributed by atoms with van der Waals surface area (Å²) >= 11 is 5.91. The van der Waals surface area contributed by atoms with E-state index in [-0.39, 0.29) is 24.2 Å². The van der Waals surface area contributed by atoms with Crippen LogP contribution in [0.3, 0.4) is 0 Å². The number of hydrogen-bond donors (Lipinski definition) is 3. The first kappa shape index (κ1) is 15.0. The largest absolute Gasteiger partial charge is 0.481 e. The van der Waals surface area contributed by atoms with Gasteiger partial charge in [0.05, 0.1) is 12.0 Å². The van der Waals surface area contributed by atoms with Crippen LogP contribution in [-0.4, -0.2) is 40.4 Å². The fraction of sp³-hybridized carbons (Fsp3) is 0.143. The zero-order chi connectivity index (χ0) is 16.7. The summed E-state index contributed by atoms with van der Waals surface area (Å²) in [6, 6.07) is 3.92. The molecular formula is C14H10ClN3O5. The number of carbonyl (C=O) groups excluding carboxylic acids is 3. The van der Waals surface area contributed by atoms with Gasteiger partial charge in [0.2, 0.25) is 0 Å². The first-order chi connectivity index (χ1) is 10.9. The van der Waals surface area contributed by atoms with Crippen LogP contribution in [0.1, 0.15) is 12.0 Å². The van der Waals surface area contributed by atoms with Crippen LogP contribution in [-0.2, 0) is 14.4 Å². The monoisotopic (exact) mass is 335 g/mol. The maximum Gasteiger partial charge on any atom is 0.329 e. The summed E-state index contributed by atoms with van der Waals surface area (Å²) in [5.41, 5.74) is 0.719. The van der Waals surface area contributed by atoms with E-state index >= 15 is 0 Å². The molecule has 2 heterocycles. The van der Waals surface area contributed by atoms with Gasteiger partial charge in [0.1, 0.15) is 5.70 Å². The third-order valence-electron chi connectivity index (χ3n) is 3.46. The van der Waals surface area contributed by atoms with Gasteiger partial charge >= 0.3 is 12.0 Å². The van der Waals surface area contributed by atoms with Crippen LogP contribution in [0.15, 0.2) is 23.9 Å². The van der Waals surface area contributed by atoms with Gasteiger partial charge in [-0.05, 0) is 18.2 Å². The minimum atomic E-state index is -1.14. The number of carboxylic acid groups (broad SMARTS) is 1. The number of carboxylic acids is 1. The third-order valence-corrected chi connectivity index (χ3v) is 3.70. The highest BCUT2D eigenvalue weighted by atomic mass is 35.5. The number of rotatable bonds is 3. The molecule has 9 heteroatoms. The summed E-state index contributed by atoms with van der Waals surface area (Å²) in [5.74, 6) is -2.41. The molecule has 0 atom stereocenters. The molecule has 1 saturated heterocycles. The highest BCUT2D eigenvalue weighted by molar-refractivity contribution is 6.38. The van der Waals surface area contributed by atoms with E-state index in [0.717, 1.165) is 4.90 Å². The second kappa shape index (κ2) is 5.40. The van der Waals surface area contributed by atoms with Crippen molar-refractivity contribution in [2.75, 3.05) is 11.9 Å². The maximum absolute atomic E-state index is 12.3. The van der Waals surface area contributed by atoms with Crippen molar-refractivity contribution < 1.29 is 24.3 Å². The first-order valence-electron chi connectivity index (χ1n) is 6.58. The molecule has 3 rings (SSSR count). The zero-order valence-corrected chi connectivity index (χ0v) is 12.3. The molecule has 8 nitrogen and oxygen atoms in total. The first-order valence-corrected chi connectivity index (χ1v) is 6.96. The number of urea groups is 1. The van der Waals surface area contributed by atoms with Gasteiger partial charge in [-0.3, -0.25) is 19.3 Å². The number of carbonyl (C=O) groups is 4. The summed E-state index contributed by atoms with van der Waals surface area (Å²) < 4.78 is 0. The molecule has 2 aliphatic rings. The number of aliphatic carboxylic acids is 1. The second-order valence-electron chi connectivity index (χ2n) is 4.92. The molecule has 0 aromatic heterocycles. The van der Waals surface area contributed by atoms with Crippen LogP contribution in [0.2, 0.25) is 5.02 Å². The number of anilines is 1. The molecule has 0 spiro atoms. The van der Waals surface area contributed by atoms with E-state index in [1.807, 2.05) is 0 Å². The molecule has 0 saturated carbocycles. The van der Waals surface area contributed by atoms with Gasteiger partial charge < -0.3 is 15.7 Å². The predicted octanol–water partition coefficient (Wildman–Crippen LogP) is 1.03. The molecule has 4 amide bonds. The Hall–Kier alpha value is -2.87. The van der Waals surface area contributed by atoms with Crippen molar-refractivity contribution in [1.82, 2.24) is 10.2 Å². The van der Waals surface area contributed by atoms with Crippen molar-refractivity contribution in [3.05, 3.63) is 34.5 Å². The van der Waals surface area contributed by atoms with Crippen molar-refractivity contribution in [2.45, 2.75) is 6.42 Å². The fourth-order valence-corrected chi connectivity index (χ4v) is 2.59. The lowest BCUT2D eigenvalue weighted by Crippen LogP contribution is -2.32. The molecule has 0 unspecified atom stereocenters. The van der Waals surface area contributed by atoms with Crippen LogP contribution in [0.25, 0.3) is 5.57 Å². The number of halogens is 1. The highest BCUT2D eigenvalue weighted by Gasteiger charge is 2.40. The maximum atomic E-state index is 12.3. The van der Waals surface area contributed by atoms with Gasteiger partial charge in [-0.25, -0.2) is 4.79 Å². The number of benzene rings is 1. The lowest BCUT2D eigenvalue weighted by molar-refractivity contribution is -0.137. The quantitative estimate of drug-likeness (QED) is 0.563. The number of hydrogen-bond acceptors (Lipinski definition) is 4. The van der Waals surface area contributed by atoms with E-state index in [9.17, 15) is 19.2 Å². The predicted molar refractivity (Wildman–Crippen MR) is 79.5 cm³/mol. The van der Waals surface area contributed by atoms with Gasteiger partial charge in [0, 0.05) is 22.8 Å². The topological polar surface area (TPSA) is 116 Å². The van der Waals surface area contributed by atoms with Crippen LogP contribution in [0.5, 0.6) is 0 Å². The normalized spacial score (nSPS) is 19.7. The van der Waals surface area contributed by atoms with Gasteiger partial charge in [0.25, 0.3) is 11.8 Å². The summed E-state index contributed by atoms with van der Waals surface area (Å²) in [7, 11) is 0. The summed E-state index contributed by atoms with van der Waals surface area (Å²) in [4.78, 5) is 47.7. The average molecular weight is 336 g/mol. The number of amides is 4. The lowest BCUT2D eigenvalue weighted by atomic mass is 10.0. The standard InChI is InChI=1S/C14H10ClN3O5/c15-6-1-2-8-7(5-6)10(12(21)16-8)11-13(22)18(14(23)17-11)4-3-9(19)20/h1-2,5H,3-4H2,(H,16,21)(H,17,23)(H,19,20)/b11-10-. The molecular weight excluding hydrogens is 326 g/mol. The zero-order valence-electron chi connectivity index (χ0n) is 11.6. The van der Waals surface area contributed by atoms with Crippen molar-refractivity contribution in [1.29, 1.82) is 0 Å². The highest BCUT2D eigenvalue weighted by Crippen LogP contribution is 2.36. The number of nitrogens with zero attached hydrogens (tertiary/aromatic N) is 1. The Bertz CT molecular complexity index is 802. The van der Waals surface area contributed by atoms with E-state index in [1.165, 1.54) is 6.07 Å². The molecule has 23 heavy (non-hydrogen) atoms. The molecule has 1 aromatic rings. The Morgan fingerprint density at radius 1 is 1.22 bits per heavy atom. The molecule has 0 aliphatic carbocycles. The summed E-state index contributed by atoms with van der Waals surface area (Å²) in [6.07, 6.45) is -0.379. The molecule has 1 aromatic carbocycles. The molecule has 1 fully saturated rings. The summed E-state index contributed by atoms with van der Waals surface area (Å²) in [6.45, 7) is -0.277. The van der Waals surface area contributed by atoms with Crippen molar-refractivity contribution >= 4 is 46.7 Å². The van der Waals surface area contributed by atoms with Crippen LogP contribution in [0, 0.1) is 0 Å². The van der Waals surface area contributed by atoms with Gasteiger partial charge in [-0.1, -0.05) is 11.6 Å². The van der Waals surface area contributed by atoms with E-state index in [0.29, 0.717) is 16.3 Å². The average Bonchev–Trinajstić information content (AvgIpc) is 2.93. The van der Waals surface area contributed by atoms with E-state index in [2.05, 4.69) is 10.6 Å². The van der Waals surface area contributed by atoms with Gasteiger partial charge in [0.15, 0.2) is 0 Å². The Kier molecular flexibility index (Phi) is 3.53. The third kappa shape index (κ3) is 2.53. The Morgan fingerprint density at radius 3 is 2.65 bits per heavy atom. The smallest absolute Gasteiger partial charge is 0.329 e. The SMILES string of the molecule is O=C(O)CCN1C(=O)N/C(=C2\C(=O)Nc3ccc(Cl)cc32)C1=O. The van der Waals surface area contributed by atoms with Crippen LogP contribution < -0.4 is 10.6 Å². The number of fused-ring (bicyclic) bond motifs is 1. The second-order valence-corrected chi connectivity index (χ2v) is 5.36. The molecule has 2 aliphatic heterocycles. The van der Waals surface area contributed by atoms with E-state index in [4.69, 9.17) is 16.7 Å². The van der Waals surface area contributed by atoms with Gasteiger partial charge in [-0.15, -0.1) is 0 Å². The van der Waals surface area contributed by atoms with E-state index in [1.54, 1.807) is 12.1 Å². The number of imide groups is 1. The van der Waals surface area contributed by atoms with E-state index < -0.39 is 23.8 Å². The Morgan fingerprint density at radius 2 is 1.96 bits per heavy atom. The van der Waals surface area contributed by atoms with Crippen molar-refractivity contribution in [2.24, 2.45) is 0 Å². The lowest BCUT2D eigenvalue weighted by Gasteiger charge is -2.09. The van der Waals surface area contributed by atoms with Crippen LogP contribution in [0.4, 0.5) is 10.5 Å². The molecule has 0 radical (unpaired) electrons. The van der Waals surface area contributed by atoms with Gasteiger partial charge in [-0.2, -0.15) is 0 Å². The molecule has 0 bridgehead atoms. The fourth-order valence-electron chi connectivity index (χ4n) is 2.42. The summed E-state index contributed by atoms with van der Waals surface area (Å²) in [5, 5.41) is 13.9. The number of nitrogens with one attached hydrogen (secondary N) is 2. The van der Waals surface area contributed by atoms with Crippen molar-refractivity contribution in [3.8, 4) is 0 Å². The van der Waals surface area contributed by atoms with Crippen LogP contribution >= 0.6 is 11.6 Å². The Labute approximate surface area is 134 Å². The van der Waals surface area contributed by atoms with Crippen molar-refractivity contribution in [3.63, 3.8) is 0 Å². The Balaban J connectivity index is 2.01. The minimum absolute atomic E-state index is 0.0127.